The molecule has 0 aliphatic rings. The maximum absolute atomic E-state index is 11.2. The van der Waals surface area contributed by atoms with Gasteiger partial charge in [-0.25, -0.2) is 0 Å². The molecule has 0 fully saturated rings. The zero-order chi connectivity index (χ0) is 9.68. The van der Waals surface area contributed by atoms with E-state index in [0.717, 1.165) is 5.69 Å². The molecular weight excluding hydrogens is 168 g/mol. The molecule has 4 nitrogen and oxygen atoms in total. The highest BCUT2D eigenvalue weighted by Crippen LogP contribution is 2.04. The molecule has 0 aromatic heterocycles. The highest BCUT2D eigenvalue weighted by Gasteiger charge is 2.10. The summed E-state index contributed by atoms with van der Waals surface area (Å²) in [4.78, 5) is 11.2. The first-order chi connectivity index (χ1) is 6.24. The molecular formula is C9H12N2O2. The molecule has 3 N–H and O–H groups in total. The van der Waals surface area contributed by atoms with Crippen molar-refractivity contribution in [3.05, 3.63) is 30.3 Å². The summed E-state index contributed by atoms with van der Waals surface area (Å²) < 4.78 is 0. The molecule has 1 rings (SSSR count). The predicted octanol–water partition coefficient (Wildman–Crippen LogP) is 0.992. The van der Waals surface area contributed by atoms with Crippen molar-refractivity contribution in [1.29, 1.82) is 0 Å². The van der Waals surface area contributed by atoms with Crippen LogP contribution in [0.3, 0.4) is 0 Å². The zero-order valence-electron chi connectivity index (χ0n) is 7.32. The Morgan fingerprint density at radius 2 is 2.00 bits per heavy atom. The average molecular weight is 180 g/mol. The van der Waals surface area contributed by atoms with Crippen LogP contribution in [0.1, 0.15) is 6.92 Å². The normalized spacial score (nSPS) is 12.2. The molecule has 1 unspecified atom stereocenters. The van der Waals surface area contributed by atoms with Crippen molar-refractivity contribution >= 4 is 11.6 Å². The Morgan fingerprint density at radius 3 is 2.54 bits per heavy atom. The van der Waals surface area contributed by atoms with Gasteiger partial charge in [0.1, 0.15) is 6.04 Å². The molecule has 0 aliphatic heterocycles. The van der Waals surface area contributed by atoms with Crippen LogP contribution < -0.4 is 10.8 Å². The third kappa shape index (κ3) is 2.85. The first-order valence-corrected chi connectivity index (χ1v) is 3.99. The second kappa shape index (κ2) is 4.59. The summed E-state index contributed by atoms with van der Waals surface area (Å²) in [5.74, 6) is -0.270. The number of benzene rings is 1. The molecule has 0 saturated heterocycles. The van der Waals surface area contributed by atoms with Crippen LogP contribution in [0.15, 0.2) is 30.3 Å². The maximum Gasteiger partial charge on any atom is 0.243 e. The van der Waals surface area contributed by atoms with Gasteiger partial charge in [0.05, 0.1) is 0 Å². The van der Waals surface area contributed by atoms with E-state index in [9.17, 15) is 4.79 Å². The number of para-hydroxylation sites is 1. The van der Waals surface area contributed by atoms with Gasteiger partial charge < -0.3 is 10.5 Å². The van der Waals surface area contributed by atoms with Crippen molar-refractivity contribution in [2.45, 2.75) is 13.0 Å². The van der Waals surface area contributed by atoms with Crippen LogP contribution in [0.4, 0.5) is 5.69 Å². The van der Waals surface area contributed by atoms with E-state index < -0.39 is 6.04 Å². The molecule has 0 saturated carbocycles. The average Bonchev–Trinajstić information content (AvgIpc) is 2.18. The molecule has 70 valence electrons. The van der Waals surface area contributed by atoms with Gasteiger partial charge in [0.2, 0.25) is 5.91 Å². The maximum atomic E-state index is 11.2. The molecule has 0 bridgehead atoms. The van der Waals surface area contributed by atoms with Crippen LogP contribution in [0.2, 0.25) is 0 Å². The molecule has 1 amide bonds. The van der Waals surface area contributed by atoms with Crippen LogP contribution in [0.5, 0.6) is 0 Å². The largest absolute Gasteiger partial charge is 0.325 e. The lowest BCUT2D eigenvalue weighted by Gasteiger charge is -2.09. The second-order valence-electron chi connectivity index (χ2n) is 2.71. The summed E-state index contributed by atoms with van der Waals surface area (Å²) in [7, 11) is 0. The number of hydrogen-bond acceptors (Lipinski definition) is 3. The predicted molar refractivity (Wildman–Crippen MR) is 49.5 cm³/mol. The van der Waals surface area contributed by atoms with Gasteiger partial charge in [-0.2, -0.15) is 5.48 Å². The molecule has 4 heteroatoms. The van der Waals surface area contributed by atoms with Gasteiger partial charge in [-0.15, -0.1) is 0 Å². The zero-order valence-corrected chi connectivity index (χ0v) is 7.32. The van der Waals surface area contributed by atoms with Crippen molar-refractivity contribution in [2.75, 3.05) is 5.32 Å². The Bertz CT molecular complexity index is 274. The van der Waals surface area contributed by atoms with Crippen LogP contribution in [-0.4, -0.2) is 17.2 Å². The van der Waals surface area contributed by atoms with Crippen LogP contribution in [-0.2, 0) is 4.79 Å². The van der Waals surface area contributed by atoms with Gasteiger partial charge in [-0.1, -0.05) is 18.2 Å². The van der Waals surface area contributed by atoms with E-state index in [0.29, 0.717) is 0 Å². The fourth-order valence-corrected chi connectivity index (χ4v) is 0.831. The number of hydroxylamine groups is 1. The molecule has 1 aromatic carbocycles. The number of nitrogens with one attached hydrogen (secondary N) is 2. The van der Waals surface area contributed by atoms with E-state index in [1.807, 2.05) is 23.7 Å². The van der Waals surface area contributed by atoms with Crippen LogP contribution in [0, 0.1) is 0 Å². The van der Waals surface area contributed by atoms with Gasteiger partial charge >= 0.3 is 0 Å². The minimum Gasteiger partial charge on any atom is -0.325 e. The fourth-order valence-electron chi connectivity index (χ4n) is 0.831. The summed E-state index contributed by atoms with van der Waals surface area (Å²) in [6.45, 7) is 1.57. The lowest BCUT2D eigenvalue weighted by Crippen LogP contribution is -2.35. The lowest BCUT2D eigenvalue weighted by atomic mass is 10.3. The minimum absolute atomic E-state index is 0.270. The summed E-state index contributed by atoms with van der Waals surface area (Å²) in [6.07, 6.45) is 0. The number of carbonyl (C=O) groups excluding carboxylic acids is 1. The van der Waals surface area contributed by atoms with Crippen molar-refractivity contribution in [1.82, 2.24) is 5.48 Å². The van der Waals surface area contributed by atoms with Crippen molar-refractivity contribution in [3.63, 3.8) is 0 Å². The minimum atomic E-state index is -0.611. The Kier molecular flexibility index (Phi) is 3.42. The number of amides is 1. The van der Waals surface area contributed by atoms with Gasteiger partial charge in [0.15, 0.2) is 0 Å². The third-order valence-corrected chi connectivity index (χ3v) is 1.63. The smallest absolute Gasteiger partial charge is 0.243 e. The van der Waals surface area contributed by atoms with Gasteiger partial charge in [-0.05, 0) is 19.1 Å². The summed E-state index contributed by atoms with van der Waals surface area (Å²) in [5.41, 5.74) is 2.59. The summed E-state index contributed by atoms with van der Waals surface area (Å²) in [6, 6.07) is 8.47. The van der Waals surface area contributed by atoms with Crippen LogP contribution >= 0.6 is 0 Å². The molecule has 13 heavy (non-hydrogen) atoms. The standard InChI is InChI=1S/C9H12N2O2/c1-7(11-13)9(12)10-8-5-3-2-4-6-8/h2-7,11,13H,1H3,(H,10,12). The summed E-state index contributed by atoms with van der Waals surface area (Å²) in [5, 5.41) is 11.1. The van der Waals surface area contributed by atoms with Crippen molar-refractivity contribution < 1.29 is 10.0 Å². The number of rotatable bonds is 3. The summed E-state index contributed by atoms with van der Waals surface area (Å²) >= 11 is 0. The highest BCUT2D eigenvalue weighted by molar-refractivity contribution is 5.94. The molecule has 0 aliphatic carbocycles. The molecule has 0 spiro atoms. The van der Waals surface area contributed by atoms with E-state index in [2.05, 4.69) is 5.32 Å². The van der Waals surface area contributed by atoms with Crippen molar-refractivity contribution in [3.8, 4) is 0 Å². The van der Waals surface area contributed by atoms with E-state index in [1.165, 1.54) is 0 Å². The SMILES string of the molecule is CC(NO)C(=O)Nc1ccccc1. The molecule has 1 atom stereocenters. The number of hydrogen-bond donors (Lipinski definition) is 3. The molecule has 0 radical (unpaired) electrons. The fraction of sp³-hybridized carbons (Fsp3) is 0.222. The second-order valence-corrected chi connectivity index (χ2v) is 2.71. The topological polar surface area (TPSA) is 61.4 Å². The Hall–Kier alpha value is -1.39. The number of anilines is 1. The van der Waals surface area contributed by atoms with Crippen molar-refractivity contribution in [2.24, 2.45) is 0 Å². The van der Waals surface area contributed by atoms with E-state index in [1.54, 1.807) is 19.1 Å². The molecule has 1 aromatic rings. The third-order valence-electron chi connectivity index (χ3n) is 1.63. The van der Waals surface area contributed by atoms with E-state index >= 15 is 0 Å². The number of carbonyl (C=O) groups is 1. The quantitative estimate of drug-likeness (QED) is 0.608. The lowest BCUT2D eigenvalue weighted by molar-refractivity contribution is -0.120. The Labute approximate surface area is 76.5 Å². The Morgan fingerprint density at radius 1 is 1.38 bits per heavy atom. The van der Waals surface area contributed by atoms with Gasteiger partial charge in [0, 0.05) is 5.69 Å². The first-order valence-electron chi connectivity index (χ1n) is 3.99. The van der Waals surface area contributed by atoms with E-state index in [4.69, 9.17) is 5.21 Å². The van der Waals surface area contributed by atoms with Gasteiger partial charge in [-0.3, -0.25) is 4.79 Å². The van der Waals surface area contributed by atoms with E-state index in [-0.39, 0.29) is 5.91 Å². The monoisotopic (exact) mass is 180 g/mol. The highest BCUT2D eigenvalue weighted by atomic mass is 16.5. The van der Waals surface area contributed by atoms with Gasteiger partial charge in [0.25, 0.3) is 0 Å². The first kappa shape index (κ1) is 9.70. The van der Waals surface area contributed by atoms with Crippen LogP contribution in [0.25, 0.3) is 0 Å². The Balaban J connectivity index is 2.55. The molecule has 0 heterocycles.